The highest BCUT2D eigenvalue weighted by Crippen LogP contribution is 2.33. The highest BCUT2D eigenvalue weighted by molar-refractivity contribution is 9.10. The topological polar surface area (TPSA) is 30.7 Å². The number of rotatable bonds is 2. The van der Waals surface area contributed by atoms with Crippen molar-refractivity contribution in [3.8, 4) is 0 Å². The standard InChI is InChI=1S/C21H12BrCl2N3/c22-12-8-9-19-13(10-12)20-21(26-18-7-2-1-6-17(18)25-20)27(19)11-14-15(23)4-3-5-16(14)24/h1-10H,11H2. The van der Waals surface area contributed by atoms with E-state index in [1.807, 2.05) is 48.5 Å². The Balaban J connectivity index is 1.87. The number of halogens is 3. The van der Waals surface area contributed by atoms with Crippen molar-refractivity contribution in [2.75, 3.05) is 0 Å². The van der Waals surface area contributed by atoms with Crippen molar-refractivity contribution < 1.29 is 0 Å². The third-order valence-electron chi connectivity index (χ3n) is 4.69. The van der Waals surface area contributed by atoms with Crippen LogP contribution in [0.5, 0.6) is 0 Å². The van der Waals surface area contributed by atoms with Crippen molar-refractivity contribution in [2.45, 2.75) is 6.54 Å². The Hall–Kier alpha value is -2.14. The van der Waals surface area contributed by atoms with Gasteiger partial charge in [0, 0.05) is 25.5 Å². The van der Waals surface area contributed by atoms with Gasteiger partial charge in [0.2, 0.25) is 0 Å². The molecule has 132 valence electrons. The van der Waals surface area contributed by atoms with E-state index >= 15 is 0 Å². The average Bonchev–Trinajstić information content (AvgIpc) is 2.95. The number of benzene rings is 3. The first-order valence-electron chi connectivity index (χ1n) is 8.39. The lowest BCUT2D eigenvalue weighted by molar-refractivity contribution is 0.857. The van der Waals surface area contributed by atoms with Crippen LogP contribution in [0.2, 0.25) is 10.0 Å². The summed E-state index contributed by atoms with van der Waals surface area (Å²) in [4.78, 5) is 9.78. The van der Waals surface area contributed by atoms with Crippen LogP contribution in [0.15, 0.2) is 65.1 Å². The zero-order valence-corrected chi connectivity index (χ0v) is 17.1. The molecule has 0 fully saturated rings. The predicted molar refractivity (Wildman–Crippen MR) is 116 cm³/mol. The maximum atomic E-state index is 6.43. The Kier molecular flexibility index (Phi) is 4.08. The number of aromatic nitrogens is 3. The van der Waals surface area contributed by atoms with Crippen molar-refractivity contribution in [3.05, 3.63) is 80.7 Å². The van der Waals surface area contributed by atoms with E-state index in [9.17, 15) is 0 Å². The van der Waals surface area contributed by atoms with Crippen LogP contribution in [0.1, 0.15) is 5.56 Å². The Bertz CT molecular complexity index is 1320. The molecule has 3 aromatic carbocycles. The molecule has 2 heterocycles. The minimum absolute atomic E-state index is 0.521. The largest absolute Gasteiger partial charge is 0.319 e. The minimum atomic E-state index is 0.521. The van der Waals surface area contributed by atoms with Crippen LogP contribution in [0.4, 0.5) is 0 Å². The number of fused-ring (bicyclic) bond motifs is 4. The second kappa shape index (κ2) is 6.48. The summed E-state index contributed by atoms with van der Waals surface area (Å²) >= 11 is 16.4. The smallest absolute Gasteiger partial charge is 0.160 e. The molecule has 6 heteroatoms. The molecule has 0 spiro atoms. The second-order valence-electron chi connectivity index (χ2n) is 6.33. The van der Waals surface area contributed by atoms with Crippen molar-refractivity contribution >= 4 is 72.2 Å². The van der Waals surface area contributed by atoms with Gasteiger partial charge in [-0.25, -0.2) is 9.97 Å². The molecule has 0 aliphatic rings. The zero-order valence-electron chi connectivity index (χ0n) is 14.0. The van der Waals surface area contributed by atoms with Gasteiger partial charge in [0.1, 0.15) is 5.52 Å². The maximum Gasteiger partial charge on any atom is 0.160 e. The van der Waals surface area contributed by atoms with Gasteiger partial charge in [0.25, 0.3) is 0 Å². The molecule has 27 heavy (non-hydrogen) atoms. The lowest BCUT2D eigenvalue weighted by atomic mass is 10.2. The van der Waals surface area contributed by atoms with Crippen LogP contribution in [0.3, 0.4) is 0 Å². The first kappa shape index (κ1) is 17.0. The van der Waals surface area contributed by atoms with Gasteiger partial charge in [-0.3, -0.25) is 0 Å². The van der Waals surface area contributed by atoms with Crippen LogP contribution in [0.25, 0.3) is 33.1 Å². The number of para-hydroxylation sites is 2. The summed E-state index contributed by atoms with van der Waals surface area (Å²) in [5, 5.41) is 2.33. The fraction of sp³-hybridized carbons (Fsp3) is 0.0476. The van der Waals surface area contributed by atoms with Crippen LogP contribution in [0, 0.1) is 0 Å². The van der Waals surface area contributed by atoms with Gasteiger partial charge in [0.15, 0.2) is 5.65 Å². The van der Waals surface area contributed by atoms with E-state index < -0.39 is 0 Å². The summed E-state index contributed by atoms with van der Waals surface area (Å²) < 4.78 is 3.13. The molecule has 0 aliphatic heterocycles. The van der Waals surface area contributed by atoms with E-state index in [1.165, 1.54) is 0 Å². The van der Waals surface area contributed by atoms with E-state index in [0.29, 0.717) is 16.6 Å². The molecule has 0 saturated carbocycles. The summed E-state index contributed by atoms with van der Waals surface area (Å²) in [5.41, 5.74) is 5.33. The summed E-state index contributed by atoms with van der Waals surface area (Å²) in [7, 11) is 0. The van der Waals surface area contributed by atoms with Crippen molar-refractivity contribution in [3.63, 3.8) is 0 Å². The van der Waals surface area contributed by atoms with Crippen LogP contribution >= 0.6 is 39.1 Å². The lowest BCUT2D eigenvalue weighted by Crippen LogP contribution is -2.02. The predicted octanol–water partition coefficient (Wildman–Crippen LogP) is 6.86. The van der Waals surface area contributed by atoms with E-state index in [-0.39, 0.29) is 0 Å². The van der Waals surface area contributed by atoms with Gasteiger partial charge >= 0.3 is 0 Å². The Morgan fingerprint density at radius 1 is 0.852 bits per heavy atom. The molecule has 0 radical (unpaired) electrons. The molecular formula is C21H12BrCl2N3. The van der Waals surface area contributed by atoms with Crippen LogP contribution in [-0.4, -0.2) is 14.5 Å². The van der Waals surface area contributed by atoms with Crippen molar-refractivity contribution in [2.24, 2.45) is 0 Å². The fourth-order valence-corrected chi connectivity index (χ4v) is 4.29. The van der Waals surface area contributed by atoms with Crippen molar-refractivity contribution in [1.29, 1.82) is 0 Å². The average molecular weight is 457 g/mol. The molecule has 0 bridgehead atoms. The molecule has 0 saturated heterocycles. The molecule has 0 atom stereocenters. The summed E-state index contributed by atoms with van der Waals surface area (Å²) in [6, 6.07) is 19.6. The molecule has 0 aliphatic carbocycles. The maximum absolute atomic E-state index is 6.43. The monoisotopic (exact) mass is 455 g/mol. The third-order valence-corrected chi connectivity index (χ3v) is 5.89. The van der Waals surface area contributed by atoms with Gasteiger partial charge in [0.05, 0.1) is 23.1 Å². The summed E-state index contributed by atoms with van der Waals surface area (Å²) in [6.45, 7) is 0.521. The van der Waals surface area contributed by atoms with E-state index in [0.717, 1.165) is 43.1 Å². The van der Waals surface area contributed by atoms with E-state index in [1.54, 1.807) is 0 Å². The Morgan fingerprint density at radius 2 is 1.56 bits per heavy atom. The third kappa shape index (κ3) is 2.80. The molecular weight excluding hydrogens is 445 g/mol. The first-order valence-corrected chi connectivity index (χ1v) is 9.94. The molecule has 5 aromatic rings. The van der Waals surface area contributed by atoms with E-state index in [2.05, 4.69) is 32.6 Å². The summed E-state index contributed by atoms with van der Waals surface area (Å²) in [5.74, 6) is 0. The quantitative estimate of drug-likeness (QED) is 0.290. The highest BCUT2D eigenvalue weighted by Gasteiger charge is 2.17. The normalized spacial score (nSPS) is 11.7. The SMILES string of the molecule is Clc1cccc(Cl)c1Cn1c2ccc(Br)cc2c2nc3ccccc3nc21. The van der Waals surface area contributed by atoms with Gasteiger partial charge in [-0.05, 0) is 42.5 Å². The van der Waals surface area contributed by atoms with Gasteiger partial charge in [-0.1, -0.05) is 57.3 Å². The van der Waals surface area contributed by atoms with E-state index in [4.69, 9.17) is 33.2 Å². The molecule has 0 N–H and O–H groups in total. The minimum Gasteiger partial charge on any atom is -0.319 e. The molecule has 3 nitrogen and oxygen atoms in total. The zero-order chi connectivity index (χ0) is 18.5. The number of hydrogen-bond acceptors (Lipinski definition) is 2. The van der Waals surface area contributed by atoms with Gasteiger partial charge in [-0.15, -0.1) is 0 Å². The Morgan fingerprint density at radius 3 is 2.30 bits per heavy atom. The van der Waals surface area contributed by atoms with Crippen LogP contribution < -0.4 is 0 Å². The molecule has 2 aromatic heterocycles. The number of hydrogen-bond donors (Lipinski definition) is 0. The fourth-order valence-electron chi connectivity index (χ4n) is 3.41. The van der Waals surface area contributed by atoms with Crippen LogP contribution in [-0.2, 0) is 6.54 Å². The molecule has 0 amide bonds. The molecule has 0 unspecified atom stereocenters. The summed E-state index contributed by atoms with van der Waals surface area (Å²) in [6.07, 6.45) is 0. The Labute approximate surface area is 173 Å². The lowest BCUT2D eigenvalue weighted by Gasteiger charge is -2.10. The second-order valence-corrected chi connectivity index (χ2v) is 8.06. The first-order chi connectivity index (χ1) is 13.1. The van der Waals surface area contributed by atoms with Gasteiger partial charge in [-0.2, -0.15) is 0 Å². The van der Waals surface area contributed by atoms with Gasteiger partial charge < -0.3 is 4.57 Å². The van der Waals surface area contributed by atoms with Crippen molar-refractivity contribution in [1.82, 2.24) is 14.5 Å². The highest BCUT2D eigenvalue weighted by atomic mass is 79.9. The number of nitrogens with zero attached hydrogens (tertiary/aromatic N) is 3. The molecule has 5 rings (SSSR count).